The number of rotatable bonds is 5. The molecule has 1 rings (SSSR count). The van der Waals surface area contributed by atoms with E-state index in [1.165, 1.54) is 13.3 Å². The predicted octanol–water partition coefficient (Wildman–Crippen LogP) is 0.866. The lowest BCUT2D eigenvalue weighted by atomic mass is 10.3. The Morgan fingerprint density at radius 2 is 2.29 bits per heavy atom. The lowest BCUT2D eigenvalue weighted by molar-refractivity contribution is -0.121. The second kappa shape index (κ2) is 6.19. The van der Waals surface area contributed by atoms with Crippen molar-refractivity contribution in [2.45, 2.75) is 19.9 Å². The van der Waals surface area contributed by atoms with E-state index < -0.39 is 12.0 Å². The number of carbonyl (C=O) groups excluding carboxylic acids is 2. The molecule has 2 N–H and O–H groups in total. The van der Waals surface area contributed by atoms with E-state index >= 15 is 0 Å². The first kappa shape index (κ1) is 13.4. The molecule has 0 spiro atoms. The highest BCUT2D eigenvalue weighted by Gasteiger charge is 2.15. The van der Waals surface area contributed by atoms with E-state index in [1.807, 2.05) is 6.92 Å². The largest absolute Gasteiger partial charge is 0.465 e. The van der Waals surface area contributed by atoms with Crippen molar-refractivity contribution < 1.29 is 14.3 Å². The van der Waals surface area contributed by atoms with Crippen LogP contribution in [-0.4, -0.2) is 36.6 Å². The Balaban J connectivity index is 2.60. The monoisotopic (exact) mass is 257 g/mol. The quantitative estimate of drug-likeness (QED) is 0.765. The first-order valence-electron chi connectivity index (χ1n) is 5.16. The van der Waals surface area contributed by atoms with Gasteiger partial charge >= 0.3 is 5.97 Å². The molecule has 0 bridgehead atoms. The first-order valence-corrected chi connectivity index (χ1v) is 5.98. The predicted molar refractivity (Wildman–Crippen MR) is 65.2 cm³/mol. The number of nitrogens with one attached hydrogen (secondary N) is 2. The van der Waals surface area contributed by atoms with E-state index in [-0.39, 0.29) is 5.91 Å². The van der Waals surface area contributed by atoms with Crippen LogP contribution in [0.2, 0.25) is 0 Å². The maximum atomic E-state index is 11.5. The van der Waals surface area contributed by atoms with E-state index in [0.29, 0.717) is 16.6 Å². The Morgan fingerprint density at radius 3 is 2.88 bits per heavy atom. The van der Waals surface area contributed by atoms with Crippen LogP contribution in [0.1, 0.15) is 23.5 Å². The number of nitrogens with zero attached hydrogens (tertiary/aromatic N) is 1. The second-order valence-electron chi connectivity index (χ2n) is 3.28. The van der Waals surface area contributed by atoms with E-state index in [2.05, 4.69) is 20.4 Å². The van der Waals surface area contributed by atoms with E-state index in [9.17, 15) is 9.59 Å². The van der Waals surface area contributed by atoms with Crippen LogP contribution < -0.4 is 10.6 Å². The number of carbonyl (C=O) groups is 2. The minimum Gasteiger partial charge on any atom is -0.465 e. The van der Waals surface area contributed by atoms with E-state index in [1.54, 1.807) is 6.92 Å². The third kappa shape index (κ3) is 3.70. The zero-order chi connectivity index (χ0) is 12.8. The molecule has 0 saturated carbocycles. The average molecular weight is 257 g/mol. The first-order chi connectivity index (χ1) is 8.08. The highest BCUT2D eigenvalue weighted by atomic mass is 32.1. The molecule has 1 aromatic rings. The third-order valence-corrected chi connectivity index (χ3v) is 2.89. The van der Waals surface area contributed by atoms with Gasteiger partial charge in [-0.1, -0.05) is 11.3 Å². The van der Waals surface area contributed by atoms with Crippen molar-refractivity contribution in [2.75, 3.05) is 19.0 Å². The molecule has 1 aromatic heterocycles. The molecule has 1 atom stereocenters. The van der Waals surface area contributed by atoms with Gasteiger partial charge < -0.3 is 15.4 Å². The van der Waals surface area contributed by atoms with Crippen molar-refractivity contribution in [3.63, 3.8) is 0 Å². The maximum Gasteiger partial charge on any atom is 0.349 e. The summed E-state index contributed by atoms with van der Waals surface area (Å²) in [5.41, 5.74) is 0. The third-order valence-electron chi connectivity index (χ3n) is 1.98. The lowest BCUT2D eigenvalue weighted by Crippen LogP contribution is -2.37. The van der Waals surface area contributed by atoms with Crippen molar-refractivity contribution in [1.82, 2.24) is 10.3 Å². The topological polar surface area (TPSA) is 80.3 Å². The number of anilines is 1. The molecule has 7 heteroatoms. The van der Waals surface area contributed by atoms with Gasteiger partial charge in [0.25, 0.3) is 0 Å². The molecular weight excluding hydrogens is 242 g/mol. The van der Waals surface area contributed by atoms with Crippen molar-refractivity contribution in [1.29, 1.82) is 0 Å². The zero-order valence-corrected chi connectivity index (χ0v) is 10.8. The molecule has 94 valence electrons. The number of esters is 1. The van der Waals surface area contributed by atoms with Crippen LogP contribution in [0.3, 0.4) is 0 Å². The Hall–Kier alpha value is -1.63. The number of thiazole rings is 1. The van der Waals surface area contributed by atoms with Crippen LogP contribution in [-0.2, 0) is 9.53 Å². The van der Waals surface area contributed by atoms with Gasteiger partial charge in [-0.25, -0.2) is 9.78 Å². The van der Waals surface area contributed by atoms with Crippen molar-refractivity contribution in [3.8, 4) is 0 Å². The Morgan fingerprint density at radius 1 is 1.59 bits per heavy atom. The van der Waals surface area contributed by atoms with Crippen LogP contribution in [0.15, 0.2) is 6.20 Å². The van der Waals surface area contributed by atoms with Gasteiger partial charge in [-0.05, 0) is 13.8 Å². The average Bonchev–Trinajstić information content (AvgIpc) is 2.76. The van der Waals surface area contributed by atoms with Gasteiger partial charge in [-0.3, -0.25) is 4.79 Å². The molecule has 0 saturated heterocycles. The molecule has 0 aliphatic rings. The fraction of sp³-hybridized carbons (Fsp3) is 0.500. The van der Waals surface area contributed by atoms with E-state index in [4.69, 9.17) is 0 Å². The fourth-order valence-electron chi connectivity index (χ4n) is 1.11. The zero-order valence-electron chi connectivity index (χ0n) is 9.94. The van der Waals surface area contributed by atoms with Crippen LogP contribution in [0.5, 0.6) is 0 Å². The van der Waals surface area contributed by atoms with Gasteiger partial charge in [0.05, 0.1) is 13.3 Å². The number of methoxy groups -OCH3 is 1. The minimum atomic E-state index is -0.429. The van der Waals surface area contributed by atoms with Gasteiger partial charge in [0.1, 0.15) is 10.9 Å². The molecule has 0 fully saturated rings. The summed E-state index contributed by atoms with van der Waals surface area (Å²) in [6.45, 7) is 4.16. The summed E-state index contributed by atoms with van der Waals surface area (Å²) < 4.78 is 4.57. The fourth-order valence-corrected chi connectivity index (χ4v) is 1.94. The Kier molecular flexibility index (Phi) is 4.89. The van der Waals surface area contributed by atoms with Crippen molar-refractivity contribution in [3.05, 3.63) is 11.1 Å². The summed E-state index contributed by atoms with van der Waals surface area (Å²) >= 11 is 1.15. The van der Waals surface area contributed by atoms with Crippen molar-refractivity contribution >= 4 is 28.3 Å². The second-order valence-corrected chi connectivity index (χ2v) is 4.31. The number of hydrogen-bond acceptors (Lipinski definition) is 6. The van der Waals surface area contributed by atoms with Gasteiger partial charge in [-0.2, -0.15) is 0 Å². The molecule has 1 amide bonds. The van der Waals surface area contributed by atoms with Gasteiger partial charge in [0, 0.05) is 6.54 Å². The summed E-state index contributed by atoms with van der Waals surface area (Å²) in [4.78, 5) is 27.0. The summed E-state index contributed by atoms with van der Waals surface area (Å²) in [7, 11) is 1.31. The van der Waals surface area contributed by atoms with Crippen LogP contribution in [0.25, 0.3) is 0 Å². The molecule has 0 aliphatic carbocycles. The number of ether oxygens (including phenoxy) is 1. The molecule has 1 unspecified atom stereocenters. The SMILES string of the molecule is CCNC(=O)C(C)Nc1ncc(C(=O)OC)s1. The standard InChI is InChI=1S/C10H15N3O3S/c1-4-11-8(14)6(2)13-10-12-5-7(17-10)9(15)16-3/h5-6H,4H2,1-3H3,(H,11,14)(H,12,13). The maximum absolute atomic E-state index is 11.5. The molecule has 0 aromatic carbocycles. The smallest absolute Gasteiger partial charge is 0.349 e. The molecular formula is C10H15N3O3S. The molecule has 17 heavy (non-hydrogen) atoms. The highest BCUT2D eigenvalue weighted by molar-refractivity contribution is 7.17. The van der Waals surface area contributed by atoms with Gasteiger partial charge in [-0.15, -0.1) is 0 Å². The van der Waals surface area contributed by atoms with Crippen LogP contribution >= 0.6 is 11.3 Å². The minimum absolute atomic E-state index is 0.109. The van der Waals surface area contributed by atoms with Gasteiger partial charge in [0.2, 0.25) is 5.91 Å². The molecule has 1 heterocycles. The van der Waals surface area contributed by atoms with Crippen molar-refractivity contribution in [2.24, 2.45) is 0 Å². The van der Waals surface area contributed by atoms with Crippen LogP contribution in [0.4, 0.5) is 5.13 Å². The molecule has 6 nitrogen and oxygen atoms in total. The Labute approximate surface area is 103 Å². The normalized spacial score (nSPS) is 11.7. The lowest BCUT2D eigenvalue weighted by Gasteiger charge is -2.11. The summed E-state index contributed by atoms with van der Waals surface area (Å²) in [6, 6.07) is -0.397. The number of aromatic nitrogens is 1. The highest BCUT2D eigenvalue weighted by Crippen LogP contribution is 2.19. The van der Waals surface area contributed by atoms with E-state index in [0.717, 1.165) is 11.3 Å². The van der Waals surface area contributed by atoms with Crippen LogP contribution in [0, 0.1) is 0 Å². The number of amides is 1. The summed E-state index contributed by atoms with van der Waals surface area (Å²) in [5.74, 6) is -0.538. The van der Waals surface area contributed by atoms with Gasteiger partial charge in [0.15, 0.2) is 5.13 Å². The molecule has 0 radical (unpaired) electrons. The number of hydrogen-bond donors (Lipinski definition) is 2. The Bertz CT molecular complexity index is 405. The molecule has 0 aliphatic heterocycles. The summed E-state index contributed by atoms with van der Waals surface area (Å²) in [6.07, 6.45) is 1.42. The summed E-state index contributed by atoms with van der Waals surface area (Å²) in [5, 5.41) is 6.12. The number of likely N-dealkylation sites (N-methyl/N-ethyl adjacent to an activating group) is 1.